The molecule has 1 aromatic heterocycles. The Hall–Kier alpha value is -0.410. The fourth-order valence-electron chi connectivity index (χ4n) is 2.16. The van der Waals surface area contributed by atoms with Crippen LogP contribution in [-0.2, 0) is 6.54 Å². The van der Waals surface area contributed by atoms with Crippen molar-refractivity contribution < 1.29 is 0 Å². The van der Waals surface area contributed by atoms with Crippen LogP contribution >= 0.6 is 11.8 Å². The van der Waals surface area contributed by atoms with Gasteiger partial charge in [0.05, 0.1) is 0 Å². The van der Waals surface area contributed by atoms with Gasteiger partial charge < -0.3 is 10.3 Å². The zero-order valence-corrected chi connectivity index (χ0v) is 9.44. The van der Waals surface area contributed by atoms with Gasteiger partial charge in [-0.1, -0.05) is 6.42 Å². The van der Waals surface area contributed by atoms with Crippen LogP contribution in [0, 0.1) is 0 Å². The molecule has 14 heavy (non-hydrogen) atoms. The molecule has 3 heteroatoms. The quantitative estimate of drug-likeness (QED) is 0.798. The van der Waals surface area contributed by atoms with Crippen LogP contribution < -0.4 is 5.32 Å². The number of hydrogen-bond acceptors (Lipinski definition) is 2. The molecule has 1 fully saturated rings. The summed E-state index contributed by atoms with van der Waals surface area (Å²) in [4.78, 5) is 3.09. The van der Waals surface area contributed by atoms with E-state index in [1.165, 1.54) is 24.8 Å². The van der Waals surface area contributed by atoms with E-state index in [0.717, 1.165) is 17.8 Å². The molecule has 2 N–H and O–H groups in total. The molecule has 0 saturated heterocycles. The monoisotopic (exact) mass is 210 g/mol. The molecule has 0 spiro atoms. The van der Waals surface area contributed by atoms with E-state index in [-0.39, 0.29) is 0 Å². The number of thioether (sulfide) groups is 1. The molecule has 0 radical (unpaired) electrons. The zero-order valence-electron chi connectivity index (χ0n) is 8.62. The maximum absolute atomic E-state index is 3.64. The maximum Gasteiger partial charge on any atom is 0.0223 e. The fraction of sp³-hybridized carbons (Fsp3) is 0.636. The molecule has 2 rings (SSSR count). The van der Waals surface area contributed by atoms with E-state index in [4.69, 9.17) is 0 Å². The number of hydrogen-bond donors (Lipinski definition) is 2. The predicted molar refractivity (Wildman–Crippen MR) is 62.6 cm³/mol. The molecular weight excluding hydrogens is 192 g/mol. The second-order valence-electron chi connectivity index (χ2n) is 3.91. The van der Waals surface area contributed by atoms with E-state index >= 15 is 0 Å². The predicted octanol–water partition coefficient (Wildman–Crippen LogP) is 2.39. The van der Waals surface area contributed by atoms with Gasteiger partial charge in [-0.05, 0) is 30.7 Å². The van der Waals surface area contributed by atoms with Gasteiger partial charge in [0.2, 0.25) is 0 Å². The smallest absolute Gasteiger partial charge is 0.0223 e. The molecule has 0 bridgehead atoms. The van der Waals surface area contributed by atoms with E-state index in [1.54, 1.807) is 0 Å². The molecule has 2 nitrogen and oxygen atoms in total. The highest BCUT2D eigenvalue weighted by molar-refractivity contribution is 7.99. The summed E-state index contributed by atoms with van der Waals surface area (Å²) < 4.78 is 0. The van der Waals surface area contributed by atoms with Crippen molar-refractivity contribution in [2.75, 3.05) is 6.26 Å². The van der Waals surface area contributed by atoms with Gasteiger partial charge in [-0.3, -0.25) is 0 Å². The summed E-state index contributed by atoms with van der Waals surface area (Å²) in [5.74, 6) is 0. The summed E-state index contributed by atoms with van der Waals surface area (Å²) in [6, 6.07) is 2.86. The summed E-state index contributed by atoms with van der Waals surface area (Å²) in [5, 5.41) is 4.47. The van der Waals surface area contributed by atoms with Crippen LogP contribution in [0.1, 0.15) is 24.8 Å². The van der Waals surface area contributed by atoms with Crippen LogP contribution in [-0.4, -0.2) is 22.5 Å². The number of aromatic nitrogens is 1. The highest BCUT2D eigenvalue weighted by Crippen LogP contribution is 2.28. The van der Waals surface area contributed by atoms with Crippen molar-refractivity contribution in [1.82, 2.24) is 10.3 Å². The lowest BCUT2D eigenvalue weighted by atomic mass is 10.2. The number of H-pyrrole nitrogens is 1. The molecule has 1 heterocycles. The van der Waals surface area contributed by atoms with Gasteiger partial charge in [0.25, 0.3) is 0 Å². The normalized spacial score (nSPS) is 26.9. The minimum atomic E-state index is 0.722. The molecule has 1 aromatic rings. The van der Waals surface area contributed by atoms with Crippen LogP contribution in [0.4, 0.5) is 0 Å². The second-order valence-corrected chi connectivity index (χ2v) is 4.99. The summed E-state index contributed by atoms with van der Waals surface area (Å²) in [7, 11) is 0. The molecule has 2 unspecified atom stereocenters. The third kappa shape index (κ3) is 2.34. The fourth-order valence-corrected chi connectivity index (χ4v) is 3.12. The van der Waals surface area contributed by atoms with Crippen LogP contribution in [0.5, 0.6) is 0 Å². The van der Waals surface area contributed by atoms with Crippen molar-refractivity contribution in [1.29, 1.82) is 0 Å². The van der Waals surface area contributed by atoms with Crippen LogP contribution in [0.25, 0.3) is 0 Å². The Morgan fingerprint density at radius 1 is 1.57 bits per heavy atom. The van der Waals surface area contributed by atoms with E-state index in [0.29, 0.717) is 0 Å². The minimum Gasteiger partial charge on any atom is -0.367 e. The lowest BCUT2D eigenvalue weighted by Gasteiger charge is -2.18. The molecule has 1 aliphatic rings. The van der Waals surface area contributed by atoms with Gasteiger partial charge in [-0.25, -0.2) is 0 Å². The van der Waals surface area contributed by atoms with E-state index in [1.807, 2.05) is 18.0 Å². The molecule has 0 aromatic carbocycles. The average molecular weight is 210 g/mol. The van der Waals surface area contributed by atoms with Gasteiger partial charge in [-0.15, -0.1) is 0 Å². The first-order chi connectivity index (χ1) is 6.90. The van der Waals surface area contributed by atoms with Gasteiger partial charge in [-0.2, -0.15) is 11.8 Å². The van der Waals surface area contributed by atoms with Gasteiger partial charge in [0.15, 0.2) is 0 Å². The van der Waals surface area contributed by atoms with Crippen molar-refractivity contribution in [3.8, 4) is 0 Å². The Kier molecular flexibility index (Phi) is 3.54. The van der Waals surface area contributed by atoms with Crippen molar-refractivity contribution in [2.45, 2.75) is 37.1 Å². The second kappa shape index (κ2) is 4.89. The Morgan fingerprint density at radius 2 is 2.50 bits per heavy atom. The van der Waals surface area contributed by atoms with Crippen molar-refractivity contribution in [3.63, 3.8) is 0 Å². The van der Waals surface area contributed by atoms with Crippen LogP contribution in [0.15, 0.2) is 18.5 Å². The minimum absolute atomic E-state index is 0.722. The lowest BCUT2D eigenvalue weighted by Crippen LogP contribution is -2.33. The number of rotatable bonds is 4. The average Bonchev–Trinajstić information content (AvgIpc) is 2.85. The summed E-state index contributed by atoms with van der Waals surface area (Å²) in [5.41, 5.74) is 1.36. The SMILES string of the molecule is CSC1CCCC1NCc1cc[nH]c1. The Bertz CT molecular complexity index is 258. The first-order valence-electron chi connectivity index (χ1n) is 5.28. The highest BCUT2D eigenvalue weighted by Gasteiger charge is 2.25. The molecular formula is C11H18N2S. The highest BCUT2D eigenvalue weighted by atomic mass is 32.2. The topological polar surface area (TPSA) is 27.8 Å². The molecule has 1 saturated carbocycles. The summed E-state index contributed by atoms with van der Waals surface area (Å²) in [6.45, 7) is 1.01. The third-order valence-electron chi connectivity index (χ3n) is 2.99. The molecule has 1 aliphatic carbocycles. The van der Waals surface area contributed by atoms with Gasteiger partial charge in [0, 0.05) is 30.2 Å². The standard InChI is InChI=1S/C11H18N2S/c1-14-11-4-2-3-10(11)13-8-9-5-6-12-7-9/h5-7,10-13H,2-4,8H2,1H3. The van der Waals surface area contributed by atoms with Crippen LogP contribution in [0.2, 0.25) is 0 Å². The zero-order chi connectivity index (χ0) is 9.80. The Balaban J connectivity index is 1.80. The largest absolute Gasteiger partial charge is 0.367 e. The first kappa shape index (κ1) is 10.1. The number of nitrogens with one attached hydrogen (secondary N) is 2. The van der Waals surface area contributed by atoms with Gasteiger partial charge >= 0.3 is 0 Å². The van der Waals surface area contributed by atoms with E-state index in [9.17, 15) is 0 Å². The molecule has 2 atom stereocenters. The van der Waals surface area contributed by atoms with Crippen LogP contribution in [0.3, 0.4) is 0 Å². The first-order valence-corrected chi connectivity index (χ1v) is 6.57. The lowest BCUT2D eigenvalue weighted by molar-refractivity contribution is 0.532. The van der Waals surface area contributed by atoms with E-state index in [2.05, 4.69) is 28.8 Å². The molecule has 78 valence electrons. The summed E-state index contributed by atoms with van der Waals surface area (Å²) >= 11 is 2.01. The van der Waals surface area contributed by atoms with E-state index < -0.39 is 0 Å². The van der Waals surface area contributed by atoms with Crippen molar-refractivity contribution >= 4 is 11.8 Å². The summed E-state index contributed by atoms with van der Waals surface area (Å²) in [6.07, 6.45) is 10.4. The third-order valence-corrected chi connectivity index (χ3v) is 4.16. The Labute approximate surface area is 89.9 Å². The van der Waals surface area contributed by atoms with Crippen molar-refractivity contribution in [3.05, 3.63) is 24.0 Å². The van der Waals surface area contributed by atoms with Crippen molar-refractivity contribution in [2.24, 2.45) is 0 Å². The Morgan fingerprint density at radius 3 is 3.21 bits per heavy atom. The molecule has 0 amide bonds. The van der Waals surface area contributed by atoms with Gasteiger partial charge in [0.1, 0.15) is 0 Å². The number of aromatic amines is 1. The molecule has 0 aliphatic heterocycles. The maximum atomic E-state index is 3.64.